The van der Waals surface area contributed by atoms with E-state index in [1.165, 1.54) is 0 Å². The average Bonchev–Trinajstić information content (AvgIpc) is 2.15. The number of hydrogen-bond acceptors (Lipinski definition) is 3. The fourth-order valence-electron chi connectivity index (χ4n) is 1.98. The molecule has 0 heterocycles. The van der Waals surface area contributed by atoms with Crippen LogP contribution < -0.4 is 5.32 Å². The van der Waals surface area contributed by atoms with Crippen molar-refractivity contribution in [3.05, 3.63) is 0 Å². The Hall–Kier alpha value is -0.120. The van der Waals surface area contributed by atoms with Crippen LogP contribution in [0.5, 0.6) is 0 Å². The maximum atomic E-state index is 5.80. The largest absolute Gasteiger partial charge is 0.377 e. The van der Waals surface area contributed by atoms with Gasteiger partial charge in [0.1, 0.15) is 0 Å². The summed E-state index contributed by atoms with van der Waals surface area (Å²) in [6.07, 6.45) is 2.78. The second kappa shape index (κ2) is 6.46. The van der Waals surface area contributed by atoms with Crippen molar-refractivity contribution in [3.8, 4) is 0 Å². The van der Waals surface area contributed by atoms with Gasteiger partial charge in [0.05, 0.1) is 12.2 Å². The SMILES string of the molecule is CCNC1CC(OCCC(C)C)C1OC. The number of nitrogens with one attached hydrogen (secondary N) is 1. The summed E-state index contributed by atoms with van der Waals surface area (Å²) in [5.41, 5.74) is 0. The first-order valence-corrected chi connectivity index (χ1v) is 6.06. The molecule has 3 heteroatoms. The van der Waals surface area contributed by atoms with Gasteiger partial charge in [-0.05, 0) is 25.3 Å². The summed E-state index contributed by atoms with van der Waals surface area (Å²) in [7, 11) is 1.77. The van der Waals surface area contributed by atoms with E-state index < -0.39 is 0 Å². The van der Waals surface area contributed by atoms with Crippen molar-refractivity contribution in [1.29, 1.82) is 0 Å². The summed E-state index contributed by atoms with van der Waals surface area (Å²) in [6.45, 7) is 8.43. The fraction of sp³-hybridized carbons (Fsp3) is 1.00. The summed E-state index contributed by atoms with van der Waals surface area (Å²) < 4.78 is 11.2. The van der Waals surface area contributed by atoms with Crippen molar-refractivity contribution in [2.24, 2.45) is 5.92 Å². The van der Waals surface area contributed by atoms with Crippen LogP contribution in [0.4, 0.5) is 0 Å². The predicted octanol–water partition coefficient (Wildman–Crippen LogP) is 1.81. The van der Waals surface area contributed by atoms with Crippen molar-refractivity contribution in [2.75, 3.05) is 20.3 Å². The van der Waals surface area contributed by atoms with E-state index in [9.17, 15) is 0 Å². The molecular formula is C12H25NO2. The lowest BCUT2D eigenvalue weighted by molar-refractivity contribution is -0.134. The van der Waals surface area contributed by atoms with Gasteiger partial charge in [0.15, 0.2) is 0 Å². The van der Waals surface area contributed by atoms with E-state index in [1.807, 2.05) is 0 Å². The molecule has 0 aliphatic heterocycles. The van der Waals surface area contributed by atoms with E-state index in [4.69, 9.17) is 9.47 Å². The minimum Gasteiger partial charge on any atom is -0.377 e. The topological polar surface area (TPSA) is 30.5 Å². The van der Waals surface area contributed by atoms with Crippen molar-refractivity contribution in [3.63, 3.8) is 0 Å². The van der Waals surface area contributed by atoms with Gasteiger partial charge in [-0.1, -0.05) is 20.8 Å². The lowest BCUT2D eigenvalue weighted by Gasteiger charge is -2.43. The molecule has 15 heavy (non-hydrogen) atoms. The molecule has 0 bridgehead atoms. The van der Waals surface area contributed by atoms with Crippen molar-refractivity contribution in [2.45, 2.75) is 51.9 Å². The molecule has 3 atom stereocenters. The zero-order valence-electron chi connectivity index (χ0n) is 10.5. The van der Waals surface area contributed by atoms with Crippen LogP contribution in [0.25, 0.3) is 0 Å². The number of hydrogen-bond donors (Lipinski definition) is 1. The summed E-state index contributed by atoms with van der Waals surface area (Å²) >= 11 is 0. The van der Waals surface area contributed by atoms with E-state index in [1.54, 1.807) is 7.11 Å². The van der Waals surface area contributed by atoms with Crippen LogP contribution in [0.2, 0.25) is 0 Å². The highest BCUT2D eigenvalue weighted by atomic mass is 16.5. The van der Waals surface area contributed by atoms with E-state index in [-0.39, 0.29) is 6.10 Å². The molecule has 1 aliphatic rings. The van der Waals surface area contributed by atoms with E-state index in [2.05, 4.69) is 26.1 Å². The van der Waals surface area contributed by atoms with Gasteiger partial charge in [0.25, 0.3) is 0 Å². The van der Waals surface area contributed by atoms with Crippen LogP contribution >= 0.6 is 0 Å². The Morgan fingerprint density at radius 3 is 2.67 bits per heavy atom. The Kier molecular flexibility index (Phi) is 5.58. The molecule has 0 radical (unpaired) electrons. The van der Waals surface area contributed by atoms with Gasteiger partial charge in [-0.2, -0.15) is 0 Å². The molecule has 1 fully saturated rings. The van der Waals surface area contributed by atoms with E-state index in [0.29, 0.717) is 12.1 Å². The van der Waals surface area contributed by atoms with Crippen LogP contribution in [0, 0.1) is 5.92 Å². The Morgan fingerprint density at radius 2 is 2.13 bits per heavy atom. The lowest BCUT2D eigenvalue weighted by Crippen LogP contribution is -2.59. The molecule has 0 aromatic heterocycles. The Bertz CT molecular complexity index is 173. The second-order valence-corrected chi connectivity index (χ2v) is 4.69. The van der Waals surface area contributed by atoms with Crippen molar-refractivity contribution in [1.82, 2.24) is 5.32 Å². The number of rotatable bonds is 7. The molecule has 90 valence electrons. The van der Waals surface area contributed by atoms with Crippen LogP contribution in [0.3, 0.4) is 0 Å². The molecule has 0 aromatic carbocycles. The highest BCUT2D eigenvalue weighted by molar-refractivity contribution is 4.96. The molecule has 1 saturated carbocycles. The van der Waals surface area contributed by atoms with Gasteiger partial charge in [0.2, 0.25) is 0 Å². The van der Waals surface area contributed by atoms with Crippen molar-refractivity contribution >= 4 is 0 Å². The van der Waals surface area contributed by atoms with Crippen LogP contribution in [-0.4, -0.2) is 38.5 Å². The van der Waals surface area contributed by atoms with E-state index in [0.717, 1.165) is 31.9 Å². The number of ether oxygens (including phenoxy) is 2. The highest BCUT2D eigenvalue weighted by Crippen LogP contribution is 2.27. The molecule has 1 N–H and O–H groups in total. The summed E-state index contributed by atoms with van der Waals surface area (Å²) in [4.78, 5) is 0. The third-order valence-corrected chi connectivity index (χ3v) is 3.01. The standard InChI is InChI=1S/C12H25NO2/c1-5-13-10-8-11(12(10)14-4)15-7-6-9(2)3/h9-13H,5-8H2,1-4H3. The molecule has 0 aromatic rings. The highest BCUT2D eigenvalue weighted by Gasteiger charge is 2.41. The molecule has 0 saturated heterocycles. The second-order valence-electron chi connectivity index (χ2n) is 4.69. The normalized spacial score (nSPS) is 30.6. The third-order valence-electron chi connectivity index (χ3n) is 3.01. The average molecular weight is 215 g/mol. The van der Waals surface area contributed by atoms with Gasteiger partial charge < -0.3 is 14.8 Å². The monoisotopic (exact) mass is 215 g/mol. The van der Waals surface area contributed by atoms with Gasteiger partial charge >= 0.3 is 0 Å². The maximum absolute atomic E-state index is 5.80. The molecular weight excluding hydrogens is 190 g/mol. The molecule has 3 unspecified atom stereocenters. The quantitative estimate of drug-likeness (QED) is 0.702. The van der Waals surface area contributed by atoms with Gasteiger partial charge in [0, 0.05) is 19.8 Å². The zero-order valence-corrected chi connectivity index (χ0v) is 10.5. The Balaban J connectivity index is 2.16. The molecule has 0 spiro atoms. The zero-order chi connectivity index (χ0) is 11.3. The van der Waals surface area contributed by atoms with Gasteiger partial charge in [-0.3, -0.25) is 0 Å². The summed E-state index contributed by atoms with van der Waals surface area (Å²) in [5, 5.41) is 3.41. The minimum absolute atomic E-state index is 0.247. The minimum atomic E-state index is 0.247. The Labute approximate surface area is 93.5 Å². The third kappa shape index (κ3) is 3.74. The molecule has 3 nitrogen and oxygen atoms in total. The van der Waals surface area contributed by atoms with Gasteiger partial charge in [-0.15, -0.1) is 0 Å². The maximum Gasteiger partial charge on any atom is 0.0986 e. The predicted molar refractivity (Wildman–Crippen MR) is 62.1 cm³/mol. The van der Waals surface area contributed by atoms with Crippen molar-refractivity contribution < 1.29 is 9.47 Å². The van der Waals surface area contributed by atoms with Gasteiger partial charge in [-0.25, -0.2) is 0 Å². The smallest absolute Gasteiger partial charge is 0.0986 e. The van der Waals surface area contributed by atoms with Crippen LogP contribution in [0.15, 0.2) is 0 Å². The first kappa shape index (κ1) is 12.9. The fourth-order valence-corrected chi connectivity index (χ4v) is 1.98. The Morgan fingerprint density at radius 1 is 1.40 bits per heavy atom. The molecule has 1 aliphatic carbocycles. The molecule has 0 amide bonds. The van der Waals surface area contributed by atoms with Crippen LogP contribution in [-0.2, 0) is 9.47 Å². The van der Waals surface area contributed by atoms with Crippen LogP contribution in [0.1, 0.15) is 33.6 Å². The number of methoxy groups -OCH3 is 1. The first-order valence-electron chi connectivity index (χ1n) is 6.06. The first-order chi connectivity index (χ1) is 7.19. The van der Waals surface area contributed by atoms with E-state index >= 15 is 0 Å². The number of likely N-dealkylation sites (N-methyl/N-ethyl adjacent to an activating group) is 1. The lowest BCUT2D eigenvalue weighted by atomic mass is 9.85. The summed E-state index contributed by atoms with van der Waals surface area (Å²) in [5.74, 6) is 0.718. The summed E-state index contributed by atoms with van der Waals surface area (Å²) in [6, 6.07) is 0.490. The molecule has 1 rings (SSSR count).